The van der Waals surface area contributed by atoms with E-state index in [0.717, 1.165) is 51.1 Å². The van der Waals surface area contributed by atoms with Crippen molar-refractivity contribution < 1.29 is 14.4 Å². The average Bonchev–Trinajstić information content (AvgIpc) is 3.31. The summed E-state index contributed by atoms with van der Waals surface area (Å²) in [5.74, 6) is -1.18. The van der Waals surface area contributed by atoms with Gasteiger partial charge in [-0.2, -0.15) is 0 Å². The maximum atomic E-state index is 13.2. The lowest BCUT2D eigenvalue weighted by Gasteiger charge is -2.26. The summed E-state index contributed by atoms with van der Waals surface area (Å²) in [6.07, 6.45) is 6.82. The van der Waals surface area contributed by atoms with Gasteiger partial charge in [-0.05, 0) is 84.0 Å². The summed E-state index contributed by atoms with van der Waals surface area (Å²) >= 11 is 0. The van der Waals surface area contributed by atoms with E-state index in [4.69, 9.17) is 5.73 Å². The molecule has 37 heavy (non-hydrogen) atoms. The Morgan fingerprint density at radius 3 is 2.62 bits per heavy atom. The number of amides is 3. The molecule has 0 aliphatic carbocycles. The highest BCUT2D eigenvalue weighted by molar-refractivity contribution is 5.98. The Balaban J connectivity index is 1.84. The highest BCUT2D eigenvalue weighted by Gasteiger charge is 2.27. The number of rotatable bonds is 17. The van der Waals surface area contributed by atoms with Crippen molar-refractivity contribution in [2.45, 2.75) is 64.5 Å². The molecule has 0 aromatic carbocycles. The van der Waals surface area contributed by atoms with Crippen molar-refractivity contribution in [3.8, 4) is 0 Å². The third-order valence-corrected chi connectivity index (χ3v) is 7.10. The number of hydrogen-bond acceptors (Lipinski definition) is 8. The second-order valence-corrected chi connectivity index (χ2v) is 9.82. The van der Waals surface area contributed by atoms with Gasteiger partial charge in [-0.15, -0.1) is 0 Å². The van der Waals surface area contributed by atoms with Gasteiger partial charge in [0.1, 0.15) is 0 Å². The quantitative estimate of drug-likeness (QED) is 0.257. The normalized spacial score (nSPS) is 16.6. The van der Waals surface area contributed by atoms with E-state index >= 15 is 0 Å². The number of carbonyl (C=O) groups is 3. The lowest BCUT2D eigenvalue weighted by Crippen LogP contribution is -2.50. The summed E-state index contributed by atoms with van der Waals surface area (Å²) in [7, 11) is 2.10. The molecular formula is C27H47N7O3. The molecule has 2 rings (SSSR count). The minimum Gasteiger partial charge on any atom is -0.332 e. The van der Waals surface area contributed by atoms with Crippen molar-refractivity contribution in [1.82, 2.24) is 30.3 Å². The average molecular weight is 518 g/mol. The van der Waals surface area contributed by atoms with Crippen LogP contribution in [0.5, 0.6) is 0 Å². The molecule has 0 spiro atoms. The van der Waals surface area contributed by atoms with Crippen LogP contribution >= 0.6 is 0 Å². The van der Waals surface area contributed by atoms with Crippen molar-refractivity contribution in [3.63, 3.8) is 0 Å². The van der Waals surface area contributed by atoms with Crippen molar-refractivity contribution in [2.24, 2.45) is 5.73 Å². The summed E-state index contributed by atoms with van der Waals surface area (Å²) in [6.45, 7) is 9.13. The number of carbonyl (C=O) groups excluding carboxylic acids is 3. The van der Waals surface area contributed by atoms with Gasteiger partial charge >= 0.3 is 0 Å². The van der Waals surface area contributed by atoms with E-state index in [1.165, 1.54) is 11.3 Å². The van der Waals surface area contributed by atoms with E-state index in [-0.39, 0.29) is 19.0 Å². The summed E-state index contributed by atoms with van der Waals surface area (Å²) in [5, 5.41) is 5.48. The smallest absolute Gasteiger partial charge is 0.246 e. The minimum atomic E-state index is -0.686. The molecule has 1 aromatic heterocycles. The molecule has 2 unspecified atom stereocenters. The number of aromatic nitrogens is 1. The molecule has 1 saturated heterocycles. The van der Waals surface area contributed by atoms with E-state index in [2.05, 4.69) is 46.3 Å². The maximum absolute atomic E-state index is 13.2. The lowest BCUT2D eigenvalue weighted by atomic mass is 10.0. The fourth-order valence-electron chi connectivity index (χ4n) is 4.72. The minimum absolute atomic E-state index is 0.0558. The van der Waals surface area contributed by atoms with E-state index in [1.54, 1.807) is 6.20 Å². The fraction of sp³-hybridized carbons (Fsp3) is 0.704. The number of imide groups is 1. The number of hydrogen-bond donors (Lipinski definition) is 3. The van der Waals surface area contributed by atoms with E-state index in [0.29, 0.717) is 32.0 Å². The second-order valence-electron chi connectivity index (χ2n) is 9.82. The highest BCUT2D eigenvalue weighted by atomic mass is 16.2. The third kappa shape index (κ3) is 11.7. The van der Waals surface area contributed by atoms with Crippen LogP contribution < -0.4 is 16.4 Å². The van der Waals surface area contributed by atoms with Gasteiger partial charge in [0.25, 0.3) is 0 Å². The molecule has 1 aliphatic heterocycles. The summed E-state index contributed by atoms with van der Waals surface area (Å²) < 4.78 is 0. The first-order chi connectivity index (χ1) is 17.8. The molecule has 2 atom stereocenters. The summed E-state index contributed by atoms with van der Waals surface area (Å²) in [6, 6.07) is 5.36. The highest BCUT2D eigenvalue weighted by Crippen LogP contribution is 2.20. The SMILES string of the molecule is CCN(CC)CCCNCC(=O)NC(=O)CN(CCc1ccccn1)C(=O)C(N)CCC1CCCN1C. The second kappa shape index (κ2) is 17.2. The monoisotopic (exact) mass is 517 g/mol. The van der Waals surface area contributed by atoms with Crippen LogP contribution in [-0.4, -0.2) is 109 Å². The van der Waals surface area contributed by atoms with Crippen molar-refractivity contribution in [1.29, 1.82) is 0 Å². The molecule has 1 fully saturated rings. The van der Waals surface area contributed by atoms with Gasteiger partial charge in [0, 0.05) is 30.9 Å². The van der Waals surface area contributed by atoms with Crippen molar-refractivity contribution in [3.05, 3.63) is 30.1 Å². The zero-order chi connectivity index (χ0) is 27.0. The zero-order valence-corrected chi connectivity index (χ0v) is 23.0. The van der Waals surface area contributed by atoms with Crippen molar-refractivity contribution >= 4 is 17.7 Å². The predicted octanol–water partition coefficient (Wildman–Crippen LogP) is 0.619. The molecule has 208 valence electrons. The Labute approximate surface area is 222 Å². The molecule has 0 radical (unpaired) electrons. The first kappa shape index (κ1) is 30.8. The van der Waals surface area contributed by atoms with E-state index in [9.17, 15) is 14.4 Å². The van der Waals surface area contributed by atoms with Crippen LogP contribution in [0.4, 0.5) is 0 Å². The number of nitrogens with one attached hydrogen (secondary N) is 2. The van der Waals surface area contributed by atoms with Gasteiger partial charge in [0.15, 0.2) is 0 Å². The van der Waals surface area contributed by atoms with Gasteiger partial charge in [0.05, 0.1) is 19.1 Å². The zero-order valence-electron chi connectivity index (χ0n) is 23.0. The predicted molar refractivity (Wildman–Crippen MR) is 146 cm³/mol. The van der Waals surface area contributed by atoms with Gasteiger partial charge in [-0.25, -0.2) is 0 Å². The molecule has 3 amide bonds. The Morgan fingerprint density at radius 1 is 1.19 bits per heavy atom. The molecule has 2 heterocycles. The maximum Gasteiger partial charge on any atom is 0.246 e. The first-order valence-corrected chi connectivity index (χ1v) is 13.7. The Hall–Kier alpha value is -2.40. The molecule has 0 saturated carbocycles. The van der Waals surface area contributed by atoms with Crippen LogP contribution in [-0.2, 0) is 20.8 Å². The van der Waals surface area contributed by atoms with Crippen LogP contribution in [0.25, 0.3) is 0 Å². The Bertz CT molecular complexity index is 819. The molecule has 1 aliphatic rings. The van der Waals surface area contributed by atoms with Crippen LogP contribution in [0.1, 0.15) is 51.6 Å². The topological polar surface area (TPSA) is 124 Å². The Morgan fingerprint density at radius 2 is 1.97 bits per heavy atom. The van der Waals surface area contributed by atoms with Crippen LogP contribution in [0.2, 0.25) is 0 Å². The molecule has 10 nitrogen and oxygen atoms in total. The van der Waals surface area contributed by atoms with Gasteiger partial charge in [-0.1, -0.05) is 19.9 Å². The van der Waals surface area contributed by atoms with Crippen LogP contribution in [0, 0.1) is 0 Å². The van der Waals surface area contributed by atoms with Crippen LogP contribution in [0.15, 0.2) is 24.4 Å². The molecule has 10 heteroatoms. The standard InChI is InChI=1S/C27H47N7O3/c1-4-33(5-2)18-9-15-29-20-25(35)31-26(36)21-34(19-14-22-10-6-7-16-30-22)27(37)24(28)13-12-23-11-8-17-32(23)3/h6-7,10,16,23-24,29H,4-5,8-9,11-15,17-21,28H2,1-3H3,(H,31,35,36). The fourth-order valence-corrected chi connectivity index (χ4v) is 4.72. The summed E-state index contributed by atoms with van der Waals surface area (Å²) in [4.78, 5) is 48.5. The first-order valence-electron chi connectivity index (χ1n) is 13.7. The Kier molecular flexibility index (Phi) is 14.3. The van der Waals surface area contributed by atoms with Gasteiger partial charge in [-0.3, -0.25) is 24.7 Å². The molecular weight excluding hydrogens is 470 g/mol. The number of nitrogens with two attached hydrogens (primary N) is 1. The summed E-state index contributed by atoms with van der Waals surface area (Å²) in [5.41, 5.74) is 7.11. The molecule has 1 aromatic rings. The van der Waals surface area contributed by atoms with Crippen molar-refractivity contribution in [2.75, 3.05) is 59.4 Å². The lowest BCUT2D eigenvalue weighted by molar-refractivity contribution is -0.139. The number of pyridine rings is 1. The van der Waals surface area contributed by atoms with Crippen LogP contribution in [0.3, 0.4) is 0 Å². The number of likely N-dealkylation sites (tertiary alicyclic amines) is 1. The number of nitrogens with zero attached hydrogens (tertiary/aromatic N) is 4. The largest absolute Gasteiger partial charge is 0.332 e. The molecule has 0 bridgehead atoms. The van der Waals surface area contributed by atoms with Gasteiger partial charge < -0.3 is 25.8 Å². The van der Waals surface area contributed by atoms with E-state index in [1.807, 2.05) is 18.2 Å². The third-order valence-electron chi connectivity index (χ3n) is 7.10. The van der Waals surface area contributed by atoms with E-state index < -0.39 is 17.9 Å². The van der Waals surface area contributed by atoms with Gasteiger partial charge in [0.2, 0.25) is 17.7 Å². The molecule has 4 N–H and O–H groups in total.